The van der Waals surface area contributed by atoms with E-state index in [4.69, 9.17) is 16.6 Å². The number of anilines is 3. The van der Waals surface area contributed by atoms with Crippen molar-refractivity contribution in [2.24, 2.45) is 7.05 Å². The standard InChI is InChI=1S/C34H36ClFN8O/c1-20-18-43(19-21(2)39-20)31-11-9-24(16-29(31)36)40-34-37-17-22-14-28(33(45)44(32(22)41-34)25-6-4-5-7-25)26-10-8-23(35)15-27(26)30-12-13-38-42(30)3/h8-17,20-21,25,39H,4-7,18-19H2,1-3H3,(H,37,40,41). The minimum Gasteiger partial charge on any atom is -0.366 e. The van der Waals surface area contributed by atoms with Crippen molar-refractivity contribution in [2.45, 2.75) is 57.7 Å². The molecular formula is C34H36ClFN8O. The van der Waals surface area contributed by atoms with E-state index >= 15 is 4.39 Å². The molecule has 2 aromatic carbocycles. The van der Waals surface area contributed by atoms with E-state index < -0.39 is 0 Å². The summed E-state index contributed by atoms with van der Waals surface area (Å²) in [5.41, 5.74) is 4.58. The van der Waals surface area contributed by atoms with Crippen LogP contribution in [0.4, 0.5) is 21.7 Å². The molecule has 232 valence electrons. The molecule has 0 bridgehead atoms. The number of hydrogen-bond acceptors (Lipinski definition) is 7. The smallest absolute Gasteiger partial charge is 0.260 e. The third kappa shape index (κ3) is 5.68. The maximum Gasteiger partial charge on any atom is 0.260 e. The maximum absolute atomic E-state index is 15.4. The summed E-state index contributed by atoms with van der Waals surface area (Å²) < 4.78 is 19.0. The molecule has 0 spiro atoms. The zero-order chi connectivity index (χ0) is 31.2. The van der Waals surface area contributed by atoms with Crippen molar-refractivity contribution >= 4 is 40.0 Å². The van der Waals surface area contributed by atoms with Crippen molar-refractivity contribution in [2.75, 3.05) is 23.3 Å². The zero-order valence-electron chi connectivity index (χ0n) is 25.6. The molecule has 11 heteroatoms. The Balaban J connectivity index is 1.28. The Labute approximate surface area is 266 Å². The molecule has 2 aliphatic rings. The average molecular weight is 627 g/mol. The summed E-state index contributed by atoms with van der Waals surface area (Å²) in [7, 11) is 1.87. The van der Waals surface area contributed by atoms with Crippen LogP contribution < -0.4 is 21.1 Å². The zero-order valence-corrected chi connectivity index (χ0v) is 26.4. The number of hydrogen-bond donors (Lipinski definition) is 2. The average Bonchev–Trinajstić information content (AvgIpc) is 3.69. The first-order chi connectivity index (χ1) is 21.7. The summed E-state index contributed by atoms with van der Waals surface area (Å²) >= 11 is 6.43. The summed E-state index contributed by atoms with van der Waals surface area (Å²) in [5, 5.41) is 12.3. The number of aryl methyl sites for hydroxylation is 1. The lowest BCUT2D eigenvalue weighted by atomic mass is 9.97. The van der Waals surface area contributed by atoms with Crippen LogP contribution in [0.2, 0.25) is 5.02 Å². The van der Waals surface area contributed by atoms with Gasteiger partial charge in [-0.25, -0.2) is 9.37 Å². The van der Waals surface area contributed by atoms with E-state index in [1.165, 1.54) is 6.07 Å². The van der Waals surface area contributed by atoms with Crippen molar-refractivity contribution in [3.63, 3.8) is 0 Å². The van der Waals surface area contributed by atoms with Gasteiger partial charge >= 0.3 is 0 Å². The molecule has 2 fully saturated rings. The van der Waals surface area contributed by atoms with Crippen LogP contribution in [0, 0.1) is 5.82 Å². The van der Waals surface area contributed by atoms with Gasteiger partial charge in [-0.2, -0.15) is 10.1 Å². The molecule has 1 saturated carbocycles. The molecule has 3 aromatic heterocycles. The number of aromatic nitrogens is 5. The lowest BCUT2D eigenvalue weighted by Gasteiger charge is -2.37. The largest absolute Gasteiger partial charge is 0.366 e. The number of benzene rings is 2. The molecule has 0 amide bonds. The summed E-state index contributed by atoms with van der Waals surface area (Å²) in [6, 6.07) is 15.0. The van der Waals surface area contributed by atoms with Crippen molar-refractivity contribution in [1.82, 2.24) is 29.6 Å². The van der Waals surface area contributed by atoms with E-state index in [0.717, 1.165) is 61.0 Å². The first-order valence-electron chi connectivity index (χ1n) is 15.5. The van der Waals surface area contributed by atoms with Crippen LogP contribution in [0.5, 0.6) is 0 Å². The van der Waals surface area contributed by atoms with Gasteiger partial charge in [-0.15, -0.1) is 0 Å². The van der Waals surface area contributed by atoms with Gasteiger partial charge in [0, 0.05) is 77.9 Å². The number of rotatable bonds is 6. The minimum atomic E-state index is -0.304. The maximum atomic E-state index is 15.4. The molecule has 9 nitrogen and oxygen atoms in total. The Hall–Kier alpha value is -4.28. The summed E-state index contributed by atoms with van der Waals surface area (Å²) in [6.45, 7) is 5.69. The third-order valence-electron chi connectivity index (χ3n) is 8.93. The van der Waals surface area contributed by atoms with Gasteiger partial charge in [-0.3, -0.25) is 14.0 Å². The van der Waals surface area contributed by atoms with Crippen molar-refractivity contribution in [1.29, 1.82) is 0 Å². The Bertz CT molecular complexity index is 1940. The minimum absolute atomic E-state index is 0.0238. The van der Waals surface area contributed by atoms with Gasteiger partial charge in [0.25, 0.3) is 5.56 Å². The van der Waals surface area contributed by atoms with E-state index in [1.54, 1.807) is 29.2 Å². The van der Waals surface area contributed by atoms with Crippen LogP contribution in [0.15, 0.2) is 65.7 Å². The second-order valence-electron chi connectivity index (χ2n) is 12.3. The molecule has 2 unspecified atom stereocenters. The Morgan fingerprint density at radius 3 is 2.47 bits per heavy atom. The first-order valence-corrected chi connectivity index (χ1v) is 15.9. The highest BCUT2D eigenvalue weighted by atomic mass is 35.5. The molecule has 45 heavy (non-hydrogen) atoms. The Morgan fingerprint density at radius 1 is 0.978 bits per heavy atom. The number of halogens is 2. The predicted octanol–water partition coefficient (Wildman–Crippen LogP) is 6.70. The number of nitrogens with zero attached hydrogens (tertiary/aromatic N) is 6. The Kier molecular flexibility index (Phi) is 7.79. The van der Waals surface area contributed by atoms with Gasteiger partial charge < -0.3 is 15.5 Å². The molecule has 1 saturated heterocycles. The third-order valence-corrected chi connectivity index (χ3v) is 9.17. The van der Waals surface area contributed by atoms with Gasteiger partial charge in [0.2, 0.25) is 5.95 Å². The van der Waals surface area contributed by atoms with E-state index in [-0.39, 0.29) is 29.5 Å². The molecule has 2 atom stereocenters. The topological polar surface area (TPSA) is 92.9 Å². The second kappa shape index (κ2) is 11.9. The fraction of sp³-hybridized carbons (Fsp3) is 0.353. The lowest BCUT2D eigenvalue weighted by molar-refractivity contribution is 0.404. The van der Waals surface area contributed by atoms with Crippen LogP contribution in [-0.2, 0) is 7.05 Å². The molecule has 1 aliphatic heterocycles. The van der Waals surface area contributed by atoms with Crippen LogP contribution in [0.1, 0.15) is 45.6 Å². The SMILES string of the molecule is CC1CN(c2ccc(Nc3ncc4cc(-c5ccc(Cl)cc5-c5ccnn5C)c(=O)n(C5CCCC5)c4n3)cc2F)CC(C)N1. The Morgan fingerprint density at radius 2 is 1.76 bits per heavy atom. The van der Waals surface area contributed by atoms with Gasteiger partial charge in [-0.05, 0) is 74.7 Å². The van der Waals surface area contributed by atoms with E-state index in [2.05, 4.69) is 39.5 Å². The normalized spacial score (nSPS) is 19.0. The highest BCUT2D eigenvalue weighted by Gasteiger charge is 2.26. The van der Waals surface area contributed by atoms with Crippen LogP contribution >= 0.6 is 11.6 Å². The monoisotopic (exact) mass is 626 g/mol. The molecule has 2 N–H and O–H groups in total. The van der Waals surface area contributed by atoms with E-state index in [9.17, 15) is 4.79 Å². The molecule has 0 radical (unpaired) electrons. The number of piperazine rings is 1. The predicted molar refractivity (Wildman–Crippen MR) is 178 cm³/mol. The highest BCUT2D eigenvalue weighted by molar-refractivity contribution is 6.31. The van der Waals surface area contributed by atoms with Crippen molar-refractivity contribution < 1.29 is 4.39 Å². The molecular weight excluding hydrogens is 591 g/mol. The van der Waals surface area contributed by atoms with Gasteiger partial charge in [-0.1, -0.05) is 30.5 Å². The van der Waals surface area contributed by atoms with Crippen LogP contribution in [0.25, 0.3) is 33.4 Å². The first kappa shape index (κ1) is 29.4. The summed E-state index contributed by atoms with van der Waals surface area (Å²) in [6.07, 6.45) is 7.36. The second-order valence-corrected chi connectivity index (χ2v) is 12.8. The quantitative estimate of drug-likeness (QED) is 0.217. The van der Waals surface area contributed by atoms with Gasteiger partial charge in [0.15, 0.2) is 0 Å². The van der Waals surface area contributed by atoms with E-state index in [0.29, 0.717) is 33.6 Å². The van der Waals surface area contributed by atoms with Crippen LogP contribution in [0.3, 0.4) is 0 Å². The number of fused-ring (bicyclic) bond motifs is 1. The van der Waals surface area contributed by atoms with Gasteiger partial charge in [0.1, 0.15) is 11.5 Å². The van der Waals surface area contributed by atoms with Gasteiger partial charge in [0.05, 0.1) is 11.4 Å². The van der Waals surface area contributed by atoms with Crippen molar-refractivity contribution in [3.05, 3.63) is 82.1 Å². The number of pyridine rings is 1. The van der Waals surface area contributed by atoms with Crippen LogP contribution in [-0.4, -0.2) is 49.5 Å². The molecule has 1 aliphatic carbocycles. The number of nitrogens with one attached hydrogen (secondary N) is 2. The molecule has 7 rings (SSSR count). The lowest BCUT2D eigenvalue weighted by Crippen LogP contribution is -2.54. The fourth-order valence-corrected chi connectivity index (χ4v) is 7.14. The summed E-state index contributed by atoms with van der Waals surface area (Å²) in [4.78, 5) is 25.9. The van der Waals surface area contributed by atoms with E-state index in [1.807, 2.05) is 41.9 Å². The molecule has 5 aromatic rings. The fourth-order valence-electron chi connectivity index (χ4n) is 6.97. The summed E-state index contributed by atoms with van der Waals surface area (Å²) in [5.74, 6) is 0.00168. The van der Waals surface area contributed by atoms with Crippen molar-refractivity contribution in [3.8, 4) is 22.4 Å². The molecule has 4 heterocycles. The highest BCUT2D eigenvalue weighted by Crippen LogP contribution is 2.36.